The Bertz CT molecular complexity index is 918. The Morgan fingerprint density at radius 2 is 2.13 bits per heavy atom. The van der Waals surface area contributed by atoms with E-state index in [1.807, 2.05) is 40.2 Å². The average Bonchev–Trinajstić information content (AvgIpc) is 3.20. The first-order valence-corrected chi connectivity index (χ1v) is 9.18. The molecule has 1 N–H and O–H groups in total. The van der Waals surface area contributed by atoms with Crippen molar-refractivity contribution in [3.05, 3.63) is 56.7 Å². The van der Waals surface area contributed by atoms with Crippen molar-refractivity contribution in [2.24, 2.45) is 5.92 Å². The molecule has 2 atom stereocenters. The van der Waals surface area contributed by atoms with Gasteiger partial charge in [-0.15, -0.1) is 11.3 Å². The molecule has 1 fully saturated rings. The molecule has 3 heterocycles. The Kier molecular flexibility index (Phi) is 3.00. The number of aromatic nitrogens is 1. The van der Waals surface area contributed by atoms with Crippen molar-refractivity contribution in [3.8, 4) is 0 Å². The minimum Gasteiger partial charge on any atom is -0.408 e. The fourth-order valence-corrected chi connectivity index (χ4v) is 4.97. The maximum atomic E-state index is 12.3. The van der Waals surface area contributed by atoms with Crippen LogP contribution < -0.4 is 10.7 Å². The molecular formula is C18H19N2O2S+. The molecule has 0 radical (unpaired) electrons. The molecule has 118 valence electrons. The predicted octanol–water partition coefficient (Wildman–Crippen LogP) is 2.21. The summed E-state index contributed by atoms with van der Waals surface area (Å²) in [5.74, 6) is 0.553. The minimum absolute atomic E-state index is 0.232. The van der Waals surface area contributed by atoms with E-state index in [4.69, 9.17) is 4.42 Å². The van der Waals surface area contributed by atoms with Crippen LogP contribution >= 0.6 is 11.3 Å². The molecule has 4 nitrogen and oxygen atoms in total. The highest BCUT2D eigenvalue weighted by Gasteiger charge is 2.43. The predicted molar refractivity (Wildman–Crippen MR) is 89.8 cm³/mol. The maximum absolute atomic E-state index is 12.3. The number of para-hydroxylation sites is 2. The summed E-state index contributed by atoms with van der Waals surface area (Å²) >= 11 is 1.89. The molecule has 2 aromatic heterocycles. The van der Waals surface area contributed by atoms with Gasteiger partial charge in [0.25, 0.3) is 0 Å². The number of benzene rings is 1. The molecule has 0 saturated heterocycles. The van der Waals surface area contributed by atoms with Crippen molar-refractivity contribution < 1.29 is 9.32 Å². The number of nitrogens with zero attached hydrogens (tertiary/aromatic N) is 1. The minimum atomic E-state index is -0.232. The lowest BCUT2D eigenvalue weighted by molar-refractivity contribution is -0.957. The zero-order chi connectivity index (χ0) is 15.4. The molecular weight excluding hydrogens is 308 g/mol. The molecule has 5 rings (SSSR count). The van der Waals surface area contributed by atoms with E-state index >= 15 is 0 Å². The number of rotatable bonds is 3. The number of hydrogen-bond acceptors (Lipinski definition) is 3. The standard InChI is InChI=1S/C18H18N2O2S/c21-18-20(14-3-1-2-4-15(14)22-18)11-19-9-7-16-13(8-10-23-16)17(19)12-5-6-12/h1-4,8,10,12,17H,5-7,9,11H2/p+1/t17-/m1/s1. The van der Waals surface area contributed by atoms with Crippen molar-refractivity contribution in [3.63, 3.8) is 0 Å². The zero-order valence-corrected chi connectivity index (χ0v) is 13.6. The lowest BCUT2D eigenvalue weighted by Gasteiger charge is -2.32. The van der Waals surface area contributed by atoms with Crippen LogP contribution in [0.1, 0.15) is 29.3 Å². The fourth-order valence-electron chi connectivity index (χ4n) is 4.04. The van der Waals surface area contributed by atoms with Crippen molar-refractivity contribution >= 4 is 22.4 Å². The molecule has 0 bridgehead atoms. The van der Waals surface area contributed by atoms with E-state index < -0.39 is 0 Å². The van der Waals surface area contributed by atoms with Gasteiger partial charge in [0.2, 0.25) is 0 Å². The number of fused-ring (bicyclic) bond motifs is 2. The molecule has 2 aliphatic rings. The molecule has 1 unspecified atom stereocenters. The fraction of sp³-hybridized carbons (Fsp3) is 0.389. The summed E-state index contributed by atoms with van der Waals surface area (Å²) in [7, 11) is 0. The Hall–Kier alpha value is -1.85. The molecule has 23 heavy (non-hydrogen) atoms. The van der Waals surface area contributed by atoms with Crippen LogP contribution in [-0.4, -0.2) is 11.1 Å². The Labute approximate surface area is 137 Å². The molecule has 1 saturated carbocycles. The third kappa shape index (κ3) is 2.18. The second-order valence-corrected chi connectivity index (χ2v) is 7.69. The third-order valence-corrected chi connectivity index (χ3v) is 6.25. The van der Waals surface area contributed by atoms with E-state index in [1.54, 1.807) is 4.88 Å². The van der Waals surface area contributed by atoms with Crippen molar-refractivity contribution in [2.45, 2.75) is 32.0 Å². The number of oxazole rings is 1. The smallest absolute Gasteiger partial charge is 0.408 e. The summed E-state index contributed by atoms with van der Waals surface area (Å²) in [4.78, 5) is 15.3. The largest absolute Gasteiger partial charge is 0.424 e. The lowest BCUT2D eigenvalue weighted by atomic mass is 9.96. The topological polar surface area (TPSA) is 39.6 Å². The first-order valence-electron chi connectivity index (χ1n) is 8.30. The average molecular weight is 327 g/mol. The van der Waals surface area contributed by atoms with Crippen molar-refractivity contribution in [2.75, 3.05) is 6.54 Å². The van der Waals surface area contributed by atoms with Gasteiger partial charge in [-0.3, -0.25) is 0 Å². The van der Waals surface area contributed by atoms with Gasteiger partial charge < -0.3 is 9.32 Å². The molecule has 1 aliphatic carbocycles. The van der Waals surface area contributed by atoms with Gasteiger partial charge in [-0.2, -0.15) is 0 Å². The van der Waals surface area contributed by atoms with Crippen LogP contribution in [0.5, 0.6) is 0 Å². The van der Waals surface area contributed by atoms with E-state index in [2.05, 4.69) is 11.4 Å². The first kappa shape index (κ1) is 13.6. The normalized spacial score (nSPS) is 24.0. The van der Waals surface area contributed by atoms with Gasteiger partial charge in [-0.05, 0) is 36.4 Å². The van der Waals surface area contributed by atoms with Gasteiger partial charge in [0, 0.05) is 22.8 Å². The molecule has 1 aromatic carbocycles. The first-order chi connectivity index (χ1) is 11.3. The molecule has 0 amide bonds. The van der Waals surface area contributed by atoms with Crippen LogP contribution in [0.15, 0.2) is 44.9 Å². The van der Waals surface area contributed by atoms with Gasteiger partial charge in [-0.1, -0.05) is 12.1 Å². The van der Waals surface area contributed by atoms with Crippen LogP contribution in [-0.2, 0) is 13.1 Å². The van der Waals surface area contributed by atoms with Gasteiger partial charge in [0.05, 0.1) is 12.1 Å². The maximum Gasteiger partial charge on any atom is 0.424 e. The van der Waals surface area contributed by atoms with E-state index in [9.17, 15) is 4.79 Å². The van der Waals surface area contributed by atoms with Crippen LogP contribution in [0.3, 0.4) is 0 Å². The van der Waals surface area contributed by atoms with Crippen LogP contribution in [0.2, 0.25) is 0 Å². The highest BCUT2D eigenvalue weighted by atomic mass is 32.1. The van der Waals surface area contributed by atoms with Gasteiger partial charge in [0.1, 0.15) is 6.04 Å². The lowest BCUT2D eigenvalue weighted by Crippen LogP contribution is -3.13. The zero-order valence-electron chi connectivity index (χ0n) is 12.8. The summed E-state index contributed by atoms with van der Waals surface area (Å²) in [5.41, 5.74) is 3.13. The van der Waals surface area contributed by atoms with Crippen LogP contribution in [0.4, 0.5) is 0 Å². The Morgan fingerprint density at radius 3 is 3.00 bits per heavy atom. The number of thiophene rings is 1. The number of hydrogen-bond donors (Lipinski definition) is 1. The summed E-state index contributed by atoms with van der Waals surface area (Å²) in [6.07, 6.45) is 3.77. The quantitative estimate of drug-likeness (QED) is 0.801. The van der Waals surface area contributed by atoms with E-state index in [0.29, 0.717) is 18.3 Å². The van der Waals surface area contributed by atoms with Crippen LogP contribution in [0, 0.1) is 5.92 Å². The van der Waals surface area contributed by atoms with E-state index in [0.717, 1.165) is 24.4 Å². The van der Waals surface area contributed by atoms with E-state index in [-0.39, 0.29) is 5.76 Å². The Balaban J connectivity index is 1.54. The second-order valence-electron chi connectivity index (χ2n) is 6.69. The molecule has 5 heteroatoms. The van der Waals surface area contributed by atoms with E-state index in [1.165, 1.54) is 23.3 Å². The summed E-state index contributed by atoms with van der Waals surface area (Å²) in [6.45, 7) is 1.80. The summed E-state index contributed by atoms with van der Waals surface area (Å²) < 4.78 is 7.22. The number of nitrogens with one attached hydrogen (secondary N) is 1. The van der Waals surface area contributed by atoms with Gasteiger partial charge in [-0.25, -0.2) is 9.36 Å². The summed E-state index contributed by atoms with van der Waals surface area (Å²) in [6, 6.07) is 10.6. The highest BCUT2D eigenvalue weighted by molar-refractivity contribution is 7.10. The van der Waals surface area contributed by atoms with Gasteiger partial charge >= 0.3 is 5.76 Å². The van der Waals surface area contributed by atoms with Crippen LogP contribution in [0.25, 0.3) is 11.1 Å². The SMILES string of the molecule is O=c1oc2ccccc2n1C[NH+]1CCc2sccc2[C@H]1C1CC1. The van der Waals surface area contributed by atoms with Gasteiger partial charge in [0.15, 0.2) is 12.3 Å². The monoisotopic (exact) mass is 327 g/mol. The number of quaternary nitrogens is 1. The third-order valence-electron chi connectivity index (χ3n) is 5.26. The second kappa shape index (κ2) is 5.08. The molecule has 1 aliphatic heterocycles. The highest BCUT2D eigenvalue weighted by Crippen LogP contribution is 2.42. The van der Waals surface area contributed by atoms with Crippen molar-refractivity contribution in [1.29, 1.82) is 0 Å². The molecule has 0 spiro atoms. The Morgan fingerprint density at radius 1 is 1.26 bits per heavy atom. The molecule has 3 aromatic rings. The van der Waals surface area contributed by atoms with Crippen molar-refractivity contribution in [1.82, 2.24) is 4.57 Å². The summed E-state index contributed by atoms with van der Waals surface area (Å²) in [5, 5.41) is 2.22.